The van der Waals surface area contributed by atoms with Gasteiger partial charge in [-0.1, -0.05) is 12.1 Å². The SMILES string of the molecule is Cc1cnc(Nc2cc(C)n(C)n2)nc1-c1c[nH]c2c(NC(=O)CN3CC[C@H](Oc4nccc(N(C)C)n4)C3)cccc12. The van der Waals surface area contributed by atoms with Crippen molar-refractivity contribution in [1.82, 2.24) is 39.6 Å². The zero-order valence-electron chi connectivity index (χ0n) is 24.9. The molecule has 6 rings (SSSR count). The Morgan fingerprint density at radius 1 is 1.19 bits per heavy atom. The zero-order chi connectivity index (χ0) is 30.1. The van der Waals surface area contributed by atoms with Gasteiger partial charge in [0.25, 0.3) is 0 Å². The summed E-state index contributed by atoms with van der Waals surface area (Å²) in [6.07, 6.45) is 6.13. The Kier molecular flexibility index (Phi) is 7.63. The van der Waals surface area contributed by atoms with Gasteiger partial charge < -0.3 is 25.3 Å². The second kappa shape index (κ2) is 11.7. The third-order valence-corrected chi connectivity index (χ3v) is 7.52. The van der Waals surface area contributed by atoms with Crippen molar-refractivity contribution in [1.29, 1.82) is 0 Å². The number of ether oxygens (including phenoxy) is 1. The molecule has 0 radical (unpaired) electrons. The van der Waals surface area contributed by atoms with Crippen LogP contribution in [-0.2, 0) is 11.8 Å². The lowest BCUT2D eigenvalue weighted by Gasteiger charge is -2.17. The van der Waals surface area contributed by atoms with E-state index < -0.39 is 0 Å². The number of para-hydroxylation sites is 1. The van der Waals surface area contributed by atoms with E-state index in [4.69, 9.17) is 9.72 Å². The standard InChI is InChI=1S/C30H35N11O2/c1-18-14-33-29(35-24-13-19(2)40(5)38-24)37-27(18)22-15-32-28-21(22)7-6-8-23(28)34-26(42)17-41-12-10-20(16-41)43-30-31-11-9-25(36-30)39(3)4/h6-9,11,13-15,20,32H,10,12,16-17H2,1-5H3,(H,34,42)(H,33,35,37,38)/t20-/m0/s1. The topological polar surface area (TPSA) is 142 Å². The molecule has 5 heterocycles. The van der Waals surface area contributed by atoms with Crippen LogP contribution in [0, 0.1) is 13.8 Å². The van der Waals surface area contributed by atoms with Crippen molar-refractivity contribution in [2.24, 2.45) is 7.05 Å². The summed E-state index contributed by atoms with van der Waals surface area (Å²) < 4.78 is 7.80. The summed E-state index contributed by atoms with van der Waals surface area (Å²) in [5.74, 6) is 1.83. The molecule has 0 unspecified atom stereocenters. The molecular formula is C30H35N11O2. The van der Waals surface area contributed by atoms with Crippen LogP contribution in [-0.4, -0.2) is 85.3 Å². The van der Waals surface area contributed by atoms with Crippen LogP contribution in [0.15, 0.2) is 48.9 Å². The molecule has 5 aromatic rings. The number of fused-ring (bicyclic) bond motifs is 1. The van der Waals surface area contributed by atoms with Crippen LogP contribution >= 0.6 is 0 Å². The van der Waals surface area contributed by atoms with Gasteiger partial charge in [-0.25, -0.2) is 15.0 Å². The predicted octanol–water partition coefficient (Wildman–Crippen LogP) is 3.67. The fourth-order valence-corrected chi connectivity index (χ4v) is 5.18. The number of aromatic amines is 1. The highest BCUT2D eigenvalue weighted by Gasteiger charge is 2.26. The van der Waals surface area contributed by atoms with Gasteiger partial charge in [-0.3, -0.25) is 14.4 Å². The first-order valence-electron chi connectivity index (χ1n) is 14.1. The molecule has 0 spiro atoms. The fraction of sp³-hybridized carbons (Fsp3) is 0.333. The summed E-state index contributed by atoms with van der Waals surface area (Å²) in [5, 5.41) is 11.7. The number of aryl methyl sites for hydroxylation is 3. The van der Waals surface area contributed by atoms with Crippen molar-refractivity contribution in [2.75, 3.05) is 49.3 Å². The minimum atomic E-state index is -0.0921. The molecule has 1 aliphatic heterocycles. The van der Waals surface area contributed by atoms with E-state index in [-0.39, 0.29) is 18.6 Å². The number of hydrogen-bond donors (Lipinski definition) is 3. The second-order valence-electron chi connectivity index (χ2n) is 11.0. The summed E-state index contributed by atoms with van der Waals surface area (Å²) >= 11 is 0. The van der Waals surface area contributed by atoms with E-state index >= 15 is 0 Å². The van der Waals surface area contributed by atoms with E-state index in [0.29, 0.717) is 30.0 Å². The summed E-state index contributed by atoms with van der Waals surface area (Å²) in [6.45, 7) is 5.60. The average molecular weight is 582 g/mol. The maximum absolute atomic E-state index is 13.1. The number of hydrogen-bond acceptors (Lipinski definition) is 10. The van der Waals surface area contributed by atoms with Gasteiger partial charge in [-0.2, -0.15) is 10.1 Å². The van der Waals surface area contributed by atoms with Crippen LogP contribution in [0.25, 0.3) is 22.2 Å². The van der Waals surface area contributed by atoms with Gasteiger partial charge in [0.05, 0.1) is 23.4 Å². The molecule has 13 nitrogen and oxygen atoms in total. The fourth-order valence-electron chi connectivity index (χ4n) is 5.18. The van der Waals surface area contributed by atoms with Crippen LogP contribution in [0.4, 0.5) is 23.3 Å². The van der Waals surface area contributed by atoms with Gasteiger partial charge in [-0.05, 0) is 38.0 Å². The number of aromatic nitrogens is 7. The summed E-state index contributed by atoms with van der Waals surface area (Å²) in [6, 6.07) is 9.98. The van der Waals surface area contributed by atoms with Crippen LogP contribution in [0.2, 0.25) is 0 Å². The maximum Gasteiger partial charge on any atom is 0.318 e. The van der Waals surface area contributed by atoms with E-state index in [1.165, 1.54) is 0 Å². The molecule has 0 bridgehead atoms. The Labute approximate surface area is 249 Å². The predicted molar refractivity (Wildman–Crippen MR) is 166 cm³/mol. The quantitative estimate of drug-likeness (QED) is 0.236. The monoisotopic (exact) mass is 581 g/mol. The average Bonchev–Trinajstić information content (AvgIpc) is 3.69. The molecule has 1 aromatic carbocycles. The molecule has 0 aliphatic carbocycles. The normalized spacial score (nSPS) is 15.1. The summed E-state index contributed by atoms with van der Waals surface area (Å²) in [5.41, 5.74) is 5.22. The van der Waals surface area contributed by atoms with Crippen molar-refractivity contribution in [2.45, 2.75) is 26.4 Å². The number of carbonyl (C=O) groups excluding carboxylic acids is 1. The molecule has 222 valence electrons. The maximum atomic E-state index is 13.1. The first-order valence-corrected chi connectivity index (χ1v) is 14.1. The zero-order valence-corrected chi connectivity index (χ0v) is 24.9. The van der Waals surface area contributed by atoms with E-state index in [9.17, 15) is 4.79 Å². The molecule has 1 atom stereocenters. The highest BCUT2D eigenvalue weighted by atomic mass is 16.5. The van der Waals surface area contributed by atoms with Gasteiger partial charge in [0.15, 0.2) is 5.82 Å². The number of rotatable bonds is 9. The first kappa shape index (κ1) is 28.1. The third-order valence-electron chi connectivity index (χ3n) is 7.52. The molecule has 1 fully saturated rings. The second-order valence-corrected chi connectivity index (χ2v) is 11.0. The molecule has 4 aromatic heterocycles. The lowest BCUT2D eigenvalue weighted by atomic mass is 10.1. The molecule has 0 saturated carbocycles. The number of amides is 1. The third kappa shape index (κ3) is 6.11. The van der Waals surface area contributed by atoms with E-state index in [0.717, 1.165) is 52.2 Å². The molecule has 13 heteroatoms. The van der Waals surface area contributed by atoms with Crippen LogP contribution in [0.5, 0.6) is 6.01 Å². The number of nitrogens with zero attached hydrogens (tertiary/aromatic N) is 8. The van der Waals surface area contributed by atoms with Crippen LogP contribution in [0.1, 0.15) is 17.7 Å². The highest BCUT2D eigenvalue weighted by Crippen LogP contribution is 2.33. The van der Waals surface area contributed by atoms with Crippen molar-refractivity contribution in [3.63, 3.8) is 0 Å². The molecule has 1 amide bonds. The Morgan fingerprint density at radius 3 is 2.84 bits per heavy atom. The van der Waals surface area contributed by atoms with E-state index in [2.05, 4.69) is 40.6 Å². The lowest BCUT2D eigenvalue weighted by molar-refractivity contribution is -0.117. The number of likely N-dealkylation sites (tertiary alicyclic amines) is 1. The van der Waals surface area contributed by atoms with Gasteiger partial charge in [0.2, 0.25) is 11.9 Å². The molecule has 1 saturated heterocycles. The number of H-pyrrole nitrogens is 1. The Balaban J connectivity index is 1.12. The number of anilines is 4. The van der Waals surface area contributed by atoms with Crippen molar-refractivity contribution in [3.05, 3.63) is 60.2 Å². The van der Waals surface area contributed by atoms with Gasteiger partial charge in [-0.15, -0.1) is 0 Å². The lowest BCUT2D eigenvalue weighted by Crippen LogP contribution is -2.33. The minimum Gasteiger partial charge on any atom is -0.459 e. The molecular weight excluding hydrogens is 546 g/mol. The molecule has 43 heavy (non-hydrogen) atoms. The molecule has 3 N–H and O–H groups in total. The van der Waals surface area contributed by atoms with Gasteiger partial charge in [0.1, 0.15) is 11.9 Å². The van der Waals surface area contributed by atoms with Gasteiger partial charge in [0, 0.05) is 75.5 Å². The molecule has 1 aliphatic rings. The van der Waals surface area contributed by atoms with Crippen molar-refractivity contribution in [3.8, 4) is 17.3 Å². The summed E-state index contributed by atoms with van der Waals surface area (Å²) in [7, 11) is 5.74. The van der Waals surface area contributed by atoms with E-state index in [1.54, 1.807) is 17.1 Å². The highest BCUT2D eigenvalue weighted by molar-refractivity contribution is 6.06. The van der Waals surface area contributed by atoms with Crippen molar-refractivity contribution >= 4 is 40.1 Å². The number of carbonyl (C=O) groups is 1. The number of benzene rings is 1. The first-order chi connectivity index (χ1) is 20.7. The largest absolute Gasteiger partial charge is 0.459 e. The Hall–Kier alpha value is -5.04. The Morgan fingerprint density at radius 2 is 2.05 bits per heavy atom. The number of nitrogens with one attached hydrogen (secondary N) is 3. The van der Waals surface area contributed by atoms with Crippen LogP contribution < -0.4 is 20.3 Å². The Bertz CT molecular complexity index is 1760. The smallest absolute Gasteiger partial charge is 0.318 e. The van der Waals surface area contributed by atoms with E-state index in [1.807, 2.05) is 76.4 Å². The summed E-state index contributed by atoms with van der Waals surface area (Å²) in [4.78, 5) is 38.4. The van der Waals surface area contributed by atoms with Crippen LogP contribution in [0.3, 0.4) is 0 Å². The van der Waals surface area contributed by atoms with Gasteiger partial charge >= 0.3 is 6.01 Å². The minimum absolute atomic E-state index is 0.0724. The van der Waals surface area contributed by atoms with Crippen molar-refractivity contribution < 1.29 is 9.53 Å².